The summed E-state index contributed by atoms with van der Waals surface area (Å²) in [6.45, 7) is 3.98. The van der Waals surface area contributed by atoms with Crippen molar-refractivity contribution in [3.05, 3.63) is 30.1 Å². The fourth-order valence-corrected chi connectivity index (χ4v) is 1.36. The Balaban J connectivity index is 2.25. The van der Waals surface area contributed by atoms with Crippen LogP contribution >= 0.6 is 0 Å². The first kappa shape index (κ1) is 11.1. The second-order valence-electron chi connectivity index (χ2n) is 3.45. The van der Waals surface area contributed by atoms with Gasteiger partial charge in [-0.1, -0.05) is 0 Å². The van der Waals surface area contributed by atoms with Crippen LogP contribution in [-0.2, 0) is 0 Å². The normalized spacial score (nSPS) is 12.7. The molecule has 0 saturated carbocycles. The summed E-state index contributed by atoms with van der Waals surface area (Å²) in [7, 11) is 0. The molecule has 0 radical (unpaired) electrons. The van der Waals surface area contributed by atoms with Gasteiger partial charge in [0.25, 0.3) is 0 Å². The minimum absolute atomic E-state index is 0.399. The zero-order chi connectivity index (χ0) is 10.2. The average Bonchev–Trinajstić information content (AvgIpc) is 2.25. The van der Waals surface area contributed by atoms with E-state index in [0.29, 0.717) is 6.04 Å². The largest absolute Gasteiger partial charge is 0.330 e. The van der Waals surface area contributed by atoms with Crippen LogP contribution in [0.2, 0.25) is 0 Å². The van der Waals surface area contributed by atoms with E-state index in [1.54, 1.807) is 0 Å². The Hall–Kier alpha value is -0.930. The molecule has 3 N–H and O–H groups in total. The molecular formula is C11H19N3. The van der Waals surface area contributed by atoms with Crippen LogP contribution in [0.15, 0.2) is 24.5 Å². The van der Waals surface area contributed by atoms with Crippen molar-refractivity contribution in [3.8, 4) is 0 Å². The van der Waals surface area contributed by atoms with Gasteiger partial charge in [-0.15, -0.1) is 0 Å². The molecule has 0 aliphatic heterocycles. The molecule has 0 aliphatic carbocycles. The minimum Gasteiger partial charge on any atom is -0.330 e. The average molecular weight is 193 g/mol. The molecule has 0 aliphatic rings. The van der Waals surface area contributed by atoms with Crippen molar-refractivity contribution in [2.24, 2.45) is 5.73 Å². The molecule has 78 valence electrons. The summed E-state index contributed by atoms with van der Waals surface area (Å²) >= 11 is 0. The highest BCUT2D eigenvalue weighted by molar-refractivity contribution is 5.13. The molecule has 1 rings (SSSR count). The summed E-state index contributed by atoms with van der Waals surface area (Å²) in [5.41, 5.74) is 6.71. The summed E-state index contributed by atoms with van der Waals surface area (Å²) in [5, 5.41) is 3.45. The number of hydrogen-bond donors (Lipinski definition) is 2. The Morgan fingerprint density at radius 3 is 2.71 bits per heavy atom. The van der Waals surface area contributed by atoms with E-state index in [4.69, 9.17) is 5.73 Å². The summed E-state index contributed by atoms with van der Waals surface area (Å²) in [6.07, 6.45) is 5.89. The maximum absolute atomic E-state index is 5.42. The summed E-state index contributed by atoms with van der Waals surface area (Å²) < 4.78 is 0. The van der Waals surface area contributed by atoms with Gasteiger partial charge < -0.3 is 11.1 Å². The van der Waals surface area contributed by atoms with E-state index in [1.807, 2.05) is 24.5 Å². The molecule has 1 atom stereocenters. The lowest BCUT2D eigenvalue weighted by molar-refractivity contribution is 0.548. The maximum Gasteiger partial charge on any atom is 0.0292 e. The van der Waals surface area contributed by atoms with Gasteiger partial charge in [-0.3, -0.25) is 4.98 Å². The van der Waals surface area contributed by atoms with E-state index in [-0.39, 0.29) is 0 Å². The number of unbranched alkanes of at least 4 members (excludes halogenated alkanes) is 1. The van der Waals surface area contributed by atoms with Gasteiger partial charge in [0, 0.05) is 18.4 Å². The van der Waals surface area contributed by atoms with Gasteiger partial charge in [0.2, 0.25) is 0 Å². The molecule has 0 amide bonds. The van der Waals surface area contributed by atoms with Crippen LogP contribution in [0.25, 0.3) is 0 Å². The molecule has 14 heavy (non-hydrogen) atoms. The lowest BCUT2D eigenvalue weighted by atomic mass is 10.1. The van der Waals surface area contributed by atoms with Crippen molar-refractivity contribution in [1.82, 2.24) is 10.3 Å². The summed E-state index contributed by atoms with van der Waals surface area (Å²) in [4.78, 5) is 3.99. The van der Waals surface area contributed by atoms with Gasteiger partial charge in [0.05, 0.1) is 0 Å². The van der Waals surface area contributed by atoms with E-state index >= 15 is 0 Å². The van der Waals surface area contributed by atoms with Gasteiger partial charge in [0.1, 0.15) is 0 Å². The van der Waals surface area contributed by atoms with Crippen molar-refractivity contribution in [1.29, 1.82) is 0 Å². The lowest BCUT2D eigenvalue weighted by Crippen LogP contribution is -2.20. The lowest BCUT2D eigenvalue weighted by Gasteiger charge is -2.13. The zero-order valence-electron chi connectivity index (χ0n) is 8.74. The van der Waals surface area contributed by atoms with Crippen LogP contribution in [0.4, 0.5) is 0 Å². The van der Waals surface area contributed by atoms with E-state index in [9.17, 15) is 0 Å². The molecule has 1 aromatic heterocycles. The quantitative estimate of drug-likeness (QED) is 0.673. The van der Waals surface area contributed by atoms with Crippen LogP contribution in [0, 0.1) is 0 Å². The SMILES string of the molecule is CC(NCCCCN)c1ccncc1. The van der Waals surface area contributed by atoms with Crippen molar-refractivity contribution in [2.45, 2.75) is 25.8 Å². The van der Waals surface area contributed by atoms with Crippen LogP contribution in [-0.4, -0.2) is 18.1 Å². The summed E-state index contributed by atoms with van der Waals surface area (Å²) in [5.74, 6) is 0. The Morgan fingerprint density at radius 2 is 2.07 bits per heavy atom. The molecule has 0 bridgehead atoms. The number of rotatable bonds is 6. The van der Waals surface area contributed by atoms with Crippen LogP contribution in [0.1, 0.15) is 31.4 Å². The van der Waals surface area contributed by atoms with Crippen LogP contribution < -0.4 is 11.1 Å². The van der Waals surface area contributed by atoms with Gasteiger partial charge >= 0.3 is 0 Å². The van der Waals surface area contributed by atoms with Crippen LogP contribution in [0.3, 0.4) is 0 Å². The summed E-state index contributed by atoms with van der Waals surface area (Å²) in [6, 6.07) is 4.48. The standard InChI is InChI=1S/C11H19N3/c1-10(14-7-3-2-6-12)11-4-8-13-9-5-11/h4-5,8-10,14H,2-3,6-7,12H2,1H3. The molecule has 1 unspecified atom stereocenters. The molecule has 1 aromatic rings. The number of aromatic nitrogens is 1. The fraction of sp³-hybridized carbons (Fsp3) is 0.545. The number of nitrogens with one attached hydrogen (secondary N) is 1. The van der Waals surface area contributed by atoms with Crippen LogP contribution in [0.5, 0.6) is 0 Å². The number of hydrogen-bond acceptors (Lipinski definition) is 3. The highest BCUT2D eigenvalue weighted by Gasteiger charge is 2.02. The molecular weight excluding hydrogens is 174 g/mol. The second kappa shape index (κ2) is 6.51. The van der Waals surface area contributed by atoms with Crippen molar-refractivity contribution in [3.63, 3.8) is 0 Å². The van der Waals surface area contributed by atoms with E-state index in [0.717, 1.165) is 25.9 Å². The van der Waals surface area contributed by atoms with E-state index < -0.39 is 0 Å². The third kappa shape index (κ3) is 3.85. The molecule has 3 nitrogen and oxygen atoms in total. The second-order valence-corrected chi connectivity index (χ2v) is 3.45. The van der Waals surface area contributed by atoms with Gasteiger partial charge in [-0.05, 0) is 50.6 Å². The zero-order valence-corrected chi connectivity index (χ0v) is 8.74. The smallest absolute Gasteiger partial charge is 0.0292 e. The predicted molar refractivity (Wildman–Crippen MR) is 58.9 cm³/mol. The Labute approximate surface area is 85.7 Å². The van der Waals surface area contributed by atoms with Crippen molar-refractivity contribution >= 4 is 0 Å². The minimum atomic E-state index is 0.399. The molecule has 0 fully saturated rings. The topological polar surface area (TPSA) is 50.9 Å². The molecule has 0 spiro atoms. The highest BCUT2D eigenvalue weighted by atomic mass is 14.9. The highest BCUT2D eigenvalue weighted by Crippen LogP contribution is 2.09. The third-order valence-electron chi connectivity index (χ3n) is 2.29. The fourth-order valence-electron chi connectivity index (χ4n) is 1.36. The van der Waals surface area contributed by atoms with Gasteiger partial charge in [-0.2, -0.15) is 0 Å². The molecule has 0 saturated heterocycles. The molecule has 3 heteroatoms. The molecule has 0 aromatic carbocycles. The first-order valence-electron chi connectivity index (χ1n) is 5.18. The monoisotopic (exact) mass is 193 g/mol. The predicted octanol–water partition coefficient (Wildman–Crippen LogP) is 1.47. The Morgan fingerprint density at radius 1 is 1.36 bits per heavy atom. The van der Waals surface area contributed by atoms with E-state index in [2.05, 4.69) is 17.2 Å². The third-order valence-corrected chi connectivity index (χ3v) is 2.29. The Bertz CT molecular complexity index is 236. The first-order chi connectivity index (χ1) is 6.84. The maximum atomic E-state index is 5.42. The van der Waals surface area contributed by atoms with Crippen molar-refractivity contribution < 1.29 is 0 Å². The van der Waals surface area contributed by atoms with Gasteiger partial charge in [0.15, 0.2) is 0 Å². The van der Waals surface area contributed by atoms with Crippen molar-refractivity contribution in [2.75, 3.05) is 13.1 Å². The van der Waals surface area contributed by atoms with Gasteiger partial charge in [-0.25, -0.2) is 0 Å². The number of nitrogens with two attached hydrogens (primary N) is 1. The van der Waals surface area contributed by atoms with E-state index in [1.165, 1.54) is 5.56 Å². The first-order valence-corrected chi connectivity index (χ1v) is 5.18. The number of pyridine rings is 1. The number of nitrogens with zero attached hydrogens (tertiary/aromatic N) is 1. The Kier molecular flexibility index (Phi) is 5.19. The molecule has 1 heterocycles.